The van der Waals surface area contributed by atoms with Gasteiger partial charge in [0.2, 0.25) is 5.89 Å². The number of nitrogens with two attached hydrogens (primary N) is 1. The Balaban J connectivity index is 1.89. The summed E-state index contributed by atoms with van der Waals surface area (Å²) in [4.78, 5) is 5.84. The highest BCUT2D eigenvalue weighted by molar-refractivity contribution is 7.99. The molecule has 3 rings (SSSR count). The van der Waals surface area contributed by atoms with Crippen LogP contribution in [0.2, 0.25) is 0 Å². The SMILES string of the molecule is CC(C)(C)C(N)c1noc(C2CSc3ccccc32)n1. The van der Waals surface area contributed by atoms with Gasteiger partial charge in [0.15, 0.2) is 5.82 Å². The molecule has 1 aromatic carbocycles. The van der Waals surface area contributed by atoms with E-state index in [9.17, 15) is 0 Å². The third-order valence-electron chi connectivity index (χ3n) is 3.67. The van der Waals surface area contributed by atoms with Crippen molar-refractivity contribution >= 4 is 11.8 Å². The fourth-order valence-electron chi connectivity index (χ4n) is 2.27. The van der Waals surface area contributed by atoms with Gasteiger partial charge < -0.3 is 10.3 Å². The quantitative estimate of drug-likeness (QED) is 0.918. The molecule has 2 atom stereocenters. The first-order chi connectivity index (χ1) is 9.47. The van der Waals surface area contributed by atoms with Gasteiger partial charge in [-0.3, -0.25) is 0 Å². The van der Waals surface area contributed by atoms with Crippen molar-refractivity contribution in [1.29, 1.82) is 0 Å². The van der Waals surface area contributed by atoms with Gasteiger partial charge in [0, 0.05) is 10.6 Å². The molecule has 2 aromatic rings. The molecule has 2 heterocycles. The number of aromatic nitrogens is 2. The van der Waals surface area contributed by atoms with Gasteiger partial charge in [0.05, 0.1) is 12.0 Å². The molecule has 0 aliphatic carbocycles. The van der Waals surface area contributed by atoms with Crippen LogP contribution in [0, 0.1) is 5.41 Å². The summed E-state index contributed by atoms with van der Waals surface area (Å²) in [7, 11) is 0. The van der Waals surface area contributed by atoms with Crippen LogP contribution in [0.1, 0.15) is 50.0 Å². The van der Waals surface area contributed by atoms with Gasteiger partial charge in [-0.25, -0.2) is 0 Å². The highest BCUT2D eigenvalue weighted by atomic mass is 32.2. The lowest BCUT2D eigenvalue weighted by Crippen LogP contribution is -2.27. The van der Waals surface area contributed by atoms with E-state index in [0.717, 1.165) is 5.75 Å². The van der Waals surface area contributed by atoms with Crippen LogP contribution >= 0.6 is 11.8 Å². The molecule has 0 saturated heterocycles. The molecule has 5 heteroatoms. The predicted octanol–water partition coefficient (Wildman–Crippen LogP) is 3.35. The average Bonchev–Trinajstić information content (AvgIpc) is 3.02. The summed E-state index contributed by atoms with van der Waals surface area (Å²) in [5.74, 6) is 2.41. The highest BCUT2D eigenvalue weighted by Gasteiger charge is 2.32. The Morgan fingerprint density at radius 2 is 2.10 bits per heavy atom. The van der Waals surface area contributed by atoms with Crippen LogP contribution in [0.4, 0.5) is 0 Å². The van der Waals surface area contributed by atoms with Gasteiger partial charge in [-0.15, -0.1) is 11.8 Å². The first-order valence-electron chi connectivity index (χ1n) is 6.77. The first kappa shape index (κ1) is 13.6. The van der Waals surface area contributed by atoms with Gasteiger partial charge in [-0.1, -0.05) is 44.1 Å². The Kier molecular flexibility index (Phi) is 3.34. The van der Waals surface area contributed by atoms with Gasteiger partial charge >= 0.3 is 0 Å². The van der Waals surface area contributed by atoms with Crippen molar-refractivity contribution in [2.24, 2.45) is 11.1 Å². The molecule has 0 amide bonds. The summed E-state index contributed by atoms with van der Waals surface area (Å²) in [6.07, 6.45) is 0. The molecule has 0 fully saturated rings. The van der Waals surface area contributed by atoms with Crippen molar-refractivity contribution in [3.8, 4) is 0 Å². The van der Waals surface area contributed by atoms with E-state index in [2.05, 4.69) is 55.2 Å². The van der Waals surface area contributed by atoms with Crippen molar-refractivity contribution in [2.75, 3.05) is 5.75 Å². The fraction of sp³-hybridized carbons (Fsp3) is 0.467. The molecule has 1 aliphatic heterocycles. The summed E-state index contributed by atoms with van der Waals surface area (Å²) < 4.78 is 5.47. The van der Waals surface area contributed by atoms with Gasteiger partial charge in [-0.05, 0) is 17.0 Å². The fourth-order valence-corrected chi connectivity index (χ4v) is 3.49. The van der Waals surface area contributed by atoms with E-state index in [1.807, 2.05) is 11.8 Å². The number of thioether (sulfide) groups is 1. The van der Waals surface area contributed by atoms with Crippen molar-refractivity contribution in [3.05, 3.63) is 41.5 Å². The summed E-state index contributed by atoms with van der Waals surface area (Å²) in [5.41, 5.74) is 7.38. The van der Waals surface area contributed by atoms with Crippen LogP contribution in [-0.2, 0) is 0 Å². The zero-order valence-corrected chi connectivity index (χ0v) is 12.8. The summed E-state index contributed by atoms with van der Waals surface area (Å²) in [5, 5.41) is 4.08. The minimum Gasteiger partial charge on any atom is -0.339 e. The van der Waals surface area contributed by atoms with Gasteiger partial charge in [-0.2, -0.15) is 4.98 Å². The van der Waals surface area contributed by atoms with Crippen LogP contribution in [0.15, 0.2) is 33.7 Å². The normalized spacial score (nSPS) is 19.9. The minimum atomic E-state index is -0.218. The standard InChI is InChI=1S/C15H19N3OS/c1-15(2,3)12(16)13-17-14(19-18-13)10-8-20-11-7-5-4-6-9(10)11/h4-7,10,12H,8,16H2,1-3H3. The highest BCUT2D eigenvalue weighted by Crippen LogP contribution is 2.42. The second-order valence-corrected chi connectivity index (χ2v) is 7.30. The monoisotopic (exact) mass is 289 g/mol. The smallest absolute Gasteiger partial charge is 0.235 e. The van der Waals surface area contributed by atoms with Crippen molar-refractivity contribution in [3.63, 3.8) is 0 Å². The van der Waals surface area contributed by atoms with E-state index in [4.69, 9.17) is 10.3 Å². The summed E-state index contributed by atoms with van der Waals surface area (Å²) in [6.45, 7) is 6.23. The third-order valence-corrected chi connectivity index (χ3v) is 4.85. The van der Waals surface area contributed by atoms with E-state index in [1.54, 1.807) is 0 Å². The largest absolute Gasteiger partial charge is 0.339 e. The van der Waals surface area contributed by atoms with Crippen molar-refractivity contribution in [1.82, 2.24) is 10.1 Å². The number of nitrogens with zero attached hydrogens (tertiary/aromatic N) is 2. The molecule has 4 nitrogen and oxygen atoms in total. The maximum Gasteiger partial charge on any atom is 0.235 e. The summed E-state index contributed by atoms with van der Waals surface area (Å²) in [6, 6.07) is 8.16. The Bertz CT molecular complexity index is 618. The molecule has 0 saturated carbocycles. The molecule has 2 unspecified atom stereocenters. The predicted molar refractivity (Wildman–Crippen MR) is 79.7 cm³/mol. The van der Waals surface area contributed by atoms with Crippen LogP contribution in [0.3, 0.4) is 0 Å². The maximum absolute atomic E-state index is 6.19. The molecule has 0 radical (unpaired) electrons. The van der Waals surface area contributed by atoms with E-state index >= 15 is 0 Å². The first-order valence-corrected chi connectivity index (χ1v) is 7.76. The van der Waals surface area contributed by atoms with Crippen LogP contribution in [0.25, 0.3) is 0 Å². The second-order valence-electron chi connectivity index (χ2n) is 6.24. The molecule has 0 spiro atoms. The molecular weight excluding hydrogens is 270 g/mol. The summed E-state index contributed by atoms with van der Waals surface area (Å²) >= 11 is 1.83. The van der Waals surface area contributed by atoms with E-state index in [0.29, 0.717) is 11.7 Å². The molecule has 106 valence electrons. The van der Waals surface area contributed by atoms with Crippen molar-refractivity contribution in [2.45, 2.75) is 37.6 Å². The molecule has 0 bridgehead atoms. The van der Waals surface area contributed by atoms with E-state index in [1.165, 1.54) is 10.5 Å². The lowest BCUT2D eigenvalue weighted by Gasteiger charge is -2.23. The van der Waals surface area contributed by atoms with E-state index < -0.39 is 0 Å². The Labute approximate surface area is 123 Å². The Morgan fingerprint density at radius 1 is 1.35 bits per heavy atom. The Morgan fingerprint density at radius 3 is 2.85 bits per heavy atom. The molecular formula is C15H19N3OS. The van der Waals surface area contributed by atoms with Crippen molar-refractivity contribution < 1.29 is 4.52 Å². The topological polar surface area (TPSA) is 64.9 Å². The second kappa shape index (κ2) is 4.90. The number of hydrogen-bond donors (Lipinski definition) is 1. The zero-order chi connectivity index (χ0) is 14.3. The number of benzene rings is 1. The van der Waals surface area contributed by atoms with Crippen LogP contribution in [-0.4, -0.2) is 15.9 Å². The average molecular weight is 289 g/mol. The molecule has 2 N–H and O–H groups in total. The number of fused-ring (bicyclic) bond motifs is 1. The lowest BCUT2D eigenvalue weighted by atomic mass is 9.87. The van der Waals surface area contributed by atoms with Gasteiger partial charge in [0.25, 0.3) is 0 Å². The molecule has 20 heavy (non-hydrogen) atoms. The van der Waals surface area contributed by atoms with Crippen LogP contribution < -0.4 is 5.73 Å². The minimum absolute atomic E-state index is 0.0799. The number of hydrogen-bond acceptors (Lipinski definition) is 5. The third kappa shape index (κ3) is 2.36. The lowest BCUT2D eigenvalue weighted by molar-refractivity contribution is 0.300. The zero-order valence-electron chi connectivity index (χ0n) is 12.0. The number of rotatable bonds is 2. The van der Waals surface area contributed by atoms with Gasteiger partial charge in [0.1, 0.15) is 0 Å². The maximum atomic E-state index is 6.19. The van der Waals surface area contributed by atoms with E-state index in [-0.39, 0.29) is 17.4 Å². The van der Waals surface area contributed by atoms with Crippen LogP contribution in [0.5, 0.6) is 0 Å². The molecule has 1 aromatic heterocycles. The Hall–Kier alpha value is -1.33. The molecule has 1 aliphatic rings.